The number of carbonyl (C=O) groups excluding carboxylic acids is 2. The van der Waals surface area contributed by atoms with Crippen LogP contribution in [0.25, 0.3) is 17.5 Å². The predicted molar refractivity (Wildman–Crippen MR) is 103 cm³/mol. The fraction of sp³-hybridized carbons (Fsp3) is 0.167. The number of carbonyl (C=O) groups is 2. The lowest BCUT2D eigenvalue weighted by atomic mass is 10.2. The molecule has 0 spiro atoms. The van der Waals surface area contributed by atoms with Crippen LogP contribution in [0.2, 0.25) is 0 Å². The zero-order valence-electron chi connectivity index (χ0n) is 14.1. The van der Waals surface area contributed by atoms with Gasteiger partial charge in [-0.15, -0.1) is 11.3 Å². The van der Waals surface area contributed by atoms with E-state index < -0.39 is 0 Å². The largest absolute Gasteiger partial charge is 0.339 e. The molecule has 0 aliphatic carbocycles. The van der Waals surface area contributed by atoms with Gasteiger partial charge in [0.05, 0.1) is 4.91 Å². The Morgan fingerprint density at radius 2 is 2.04 bits per heavy atom. The summed E-state index contributed by atoms with van der Waals surface area (Å²) in [6.45, 7) is 0.319. The quantitative estimate of drug-likeness (QED) is 0.582. The minimum Gasteiger partial charge on any atom is -0.339 e. The van der Waals surface area contributed by atoms with Crippen molar-refractivity contribution in [2.24, 2.45) is 0 Å². The molecule has 3 aromatic rings. The third-order valence-electron chi connectivity index (χ3n) is 3.87. The van der Waals surface area contributed by atoms with E-state index in [1.807, 2.05) is 17.5 Å². The fourth-order valence-corrected chi connectivity index (χ4v) is 4.15. The molecular formula is C18H14N4O3S2. The number of nitrogens with zero attached hydrogens (tertiary/aromatic N) is 4. The highest BCUT2D eigenvalue weighted by Gasteiger charge is 2.34. The number of aromatic nitrogens is 3. The minimum absolute atomic E-state index is 0.245. The molecule has 0 N–H and O–H groups in total. The molecule has 1 aliphatic heterocycles. The van der Waals surface area contributed by atoms with Crippen LogP contribution in [-0.4, -0.2) is 37.7 Å². The van der Waals surface area contributed by atoms with E-state index in [-0.39, 0.29) is 11.1 Å². The van der Waals surface area contributed by atoms with Crippen LogP contribution in [0.15, 0.2) is 51.5 Å². The minimum atomic E-state index is -0.249. The topological polar surface area (TPSA) is 89.2 Å². The molecule has 1 saturated heterocycles. The summed E-state index contributed by atoms with van der Waals surface area (Å²) < 4.78 is 5.24. The first-order chi connectivity index (χ1) is 13.2. The average molecular weight is 398 g/mol. The van der Waals surface area contributed by atoms with E-state index in [0.717, 1.165) is 22.2 Å². The van der Waals surface area contributed by atoms with Gasteiger partial charge in [0.1, 0.15) is 0 Å². The summed E-state index contributed by atoms with van der Waals surface area (Å²) >= 11 is 2.50. The molecule has 0 unspecified atom stereocenters. The van der Waals surface area contributed by atoms with Gasteiger partial charge in [-0.2, -0.15) is 4.98 Å². The molecule has 0 aromatic carbocycles. The van der Waals surface area contributed by atoms with E-state index in [9.17, 15) is 9.59 Å². The summed E-state index contributed by atoms with van der Waals surface area (Å²) in [5.74, 6) is 0.724. The monoisotopic (exact) mass is 398 g/mol. The van der Waals surface area contributed by atoms with Gasteiger partial charge in [0.15, 0.2) is 0 Å². The van der Waals surface area contributed by atoms with Crippen molar-refractivity contribution in [3.05, 3.63) is 57.7 Å². The van der Waals surface area contributed by atoms with Crippen LogP contribution >= 0.6 is 23.1 Å². The molecule has 136 valence electrons. The third-order valence-corrected chi connectivity index (χ3v) is 5.60. The Labute approximate surface area is 163 Å². The zero-order chi connectivity index (χ0) is 18.6. The molecule has 7 nitrogen and oxygen atoms in total. The Kier molecular flexibility index (Phi) is 5.12. The van der Waals surface area contributed by atoms with E-state index in [0.29, 0.717) is 36.0 Å². The van der Waals surface area contributed by atoms with Crippen LogP contribution in [0.1, 0.15) is 17.2 Å². The number of aryl methyl sites for hydroxylation is 1. The molecule has 0 bridgehead atoms. The number of thioether (sulfide) groups is 1. The lowest BCUT2D eigenvalue weighted by molar-refractivity contribution is -0.122. The zero-order valence-corrected chi connectivity index (χ0v) is 15.7. The number of hydrogen-bond donors (Lipinski definition) is 0. The second-order valence-electron chi connectivity index (χ2n) is 5.70. The summed E-state index contributed by atoms with van der Waals surface area (Å²) in [6, 6.07) is 7.42. The first-order valence-electron chi connectivity index (χ1n) is 8.22. The highest BCUT2D eigenvalue weighted by Crippen LogP contribution is 2.33. The van der Waals surface area contributed by atoms with Gasteiger partial charge in [0, 0.05) is 35.8 Å². The molecule has 2 amide bonds. The second-order valence-corrected chi connectivity index (χ2v) is 7.67. The van der Waals surface area contributed by atoms with Crippen molar-refractivity contribution in [2.45, 2.75) is 12.8 Å². The maximum atomic E-state index is 12.4. The summed E-state index contributed by atoms with van der Waals surface area (Å²) in [5, 5.41) is 5.63. The maximum Gasteiger partial charge on any atom is 0.293 e. The van der Waals surface area contributed by atoms with Gasteiger partial charge < -0.3 is 4.52 Å². The van der Waals surface area contributed by atoms with Gasteiger partial charge in [-0.05, 0) is 47.8 Å². The lowest BCUT2D eigenvalue weighted by Gasteiger charge is -2.10. The smallest absolute Gasteiger partial charge is 0.293 e. The molecule has 0 radical (unpaired) electrons. The lowest BCUT2D eigenvalue weighted by Crippen LogP contribution is -2.29. The Morgan fingerprint density at radius 1 is 1.19 bits per heavy atom. The third kappa shape index (κ3) is 3.99. The van der Waals surface area contributed by atoms with Gasteiger partial charge in [-0.1, -0.05) is 11.2 Å². The molecular weight excluding hydrogens is 384 g/mol. The van der Waals surface area contributed by atoms with Crippen LogP contribution < -0.4 is 0 Å². The van der Waals surface area contributed by atoms with E-state index in [2.05, 4.69) is 15.1 Å². The van der Waals surface area contributed by atoms with E-state index in [1.165, 1.54) is 16.2 Å². The SMILES string of the molecule is O=C1S/C(=C\c2cccs2)C(=O)N1CCCc1nc(-c2ccncc2)no1. The summed E-state index contributed by atoms with van der Waals surface area (Å²) in [4.78, 5) is 35.5. The molecule has 4 heterocycles. The molecule has 1 aliphatic rings. The Balaban J connectivity index is 1.35. The van der Waals surface area contributed by atoms with Crippen molar-refractivity contribution in [3.8, 4) is 11.4 Å². The number of thiophene rings is 1. The normalized spacial score (nSPS) is 15.9. The maximum absolute atomic E-state index is 12.4. The predicted octanol–water partition coefficient (Wildman–Crippen LogP) is 3.86. The van der Waals surface area contributed by atoms with E-state index in [4.69, 9.17) is 4.52 Å². The number of pyridine rings is 1. The van der Waals surface area contributed by atoms with Gasteiger partial charge in [-0.25, -0.2) is 0 Å². The van der Waals surface area contributed by atoms with Crippen molar-refractivity contribution in [1.29, 1.82) is 0 Å². The first-order valence-corrected chi connectivity index (χ1v) is 9.92. The van der Waals surface area contributed by atoms with Crippen LogP contribution in [-0.2, 0) is 11.2 Å². The molecule has 27 heavy (non-hydrogen) atoms. The number of hydrogen-bond acceptors (Lipinski definition) is 8. The Hall–Kier alpha value is -2.78. The molecule has 0 saturated carbocycles. The van der Waals surface area contributed by atoms with E-state index in [1.54, 1.807) is 30.6 Å². The Bertz CT molecular complexity index is 983. The van der Waals surface area contributed by atoms with Crippen LogP contribution in [0, 0.1) is 0 Å². The van der Waals surface area contributed by atoms with Crippen LogP contribution in [0.3, 0.4) is 0 Å². The molecule has 0 atom stereocenters. The standard InChI is InChI=1S/C18H14N4O3S2/c23-17-14(11-13-3-2-10-26-13)27-18(24)22(17)9-1-4-15-20-16(21-25-15)12-5-7-19-8-6-12/h2-3,5-8,10-11H,1,4,9H2/b14-11-. The fourth-order valence-electron chi connectivity index (χ4n) is 2.56. The molecule has 3 aromatic heterocycles. The van der Waals surface area contributed by atoms with Crippen LogP contribution in [0.4, 0.5) is 4.79 Å². The number of rotatable bonds is 6. The second kappa shape index (κ2) is 7.85. The van der Waals surface area contributed by atoms with Crippen molar-refractivity contribution >= 4 is 40.3 Å². The van der Waals surface area contributed by atoms with Gasteiger partial charge >= 0.3 is 0 Å². The molecule has 1 fully saturated rings. The average Bonchev–Trinajstić information content (AvgIpc) is 3.41. The summed E-state index contributed by atoms with van der Waals surface area (Å²) in [7, 11) is 0. The summed E-state index contributed by atoms with van der Waals surface area (Å²) in [5.41, 5.74) is 0.824. The first kappa shape index (κ1) is 17.6. The number of imide groups is 1. The van der Waals surface area contributed by atoms with E-state index >= 15 is 0 Å². The Morgan fingerprint density at radius 3 is 2.81 bits per heavy atom. The molecule has 9 heteroatoms. The van der Waals surface area contributed by atoms with Crippen molar-refractivity contribution in [1.82, 2.24) is 20.0 Å². The van der Waals surface area contributed by atoms with Crippen molar-refractivity contribution in [2.75, 3.05) is 6.54 Å². The van der Waals surface area contributed by atoms with Crippen molar-refractivity contribution in [3.63, 3.8) is 0 Å². The van der Waals surface area contributed by atoms with Gasteiger partial charge in [0.25, 0.3) is 11.1 Å². The van der Waals surface area contributed by atoms with Crippen molar-refractivity contribution < 1.29 is 14.1 Å². The number of amides is 2. The van der Waals surface area contributed by atoms with Gasteiger partial charge in [-0.3, -0.25) is 19.5 Å². The highest BCUT2D eigenvalue weighted by atomic mass is 32.2. The van der Waals surface area contributed by atoms with Gasteiger partial charge in [0.2, 0.25) is 11.7 Å². The summed E-state index contributed by atoms with van der Waals surface area (Å²) in [6.07, 6.45) is 6.13. The highest BCUT2D eigenvalue weighted by molar-refractivity contribution is 8.18. The molecule has 4 rings (SSSR count). The van der Waals surface area contributed by atoms with Crippen LogP contribution in [0.5, 0.6) is 0 Å².